The summed E-state index contributed by atoms with van der Waals surface area (Å²) < 4.78 is 14.9. The van der Waals surface area contributed by atoms with Crippen LogP contribution in [0.5, 0.6) is 0 Å². The molecule has 4 aliphatic rings. The standard InChI is InChI=1S/C27H41ClN2O4.C22H33ClN2O2.C20H30ClNO.C8H17N3.C7H13NO4.C6H5N3O.C6H15N.C4H8O.3ClH/c1-17(2)19-12-11-18(3)15-21(19)24(31)14-13-23(20-9-7-8-10-22(20)28)30-25(32)16-29-26(33)34-27(4,5)6;1-14(2)16-9-8-15(3)12-18(16)21(26)11-10-20(25-22(27)13-24)17-6-4-5-7-19(17)23;1-13(2)15-9-8-14(3)12-17(15)20(23)11-10-19(22)16-6-4-5-7-18(16)21;1-4-9-8-10-6-5-7-11(2)3;1-7(2,3)12-6(11)8-4-5(9)10;10-9-6-4-2-1-3-5(6)7-8-9;1-4-7(5-2)6-3;1-2-4-5-3-1;;;/h7-10,17-19,21,23H,11-16H2,1-6H3,(H,29,33)(H,30,32);4-7,14-16,18,20H,8-13,24H2,1-3H3,(H,25,27);4-7,13-15,17,19H,8-12,22H2,1-3H3;4-7H2,1-3H3;4H2,1-3H3,(H,8,11)(H,9,10);1-4,10H;4-6H2,1-3H3;1-4H2;3*1H/t18-,19+,21-,23-;15-,16+,18-,20-;14-,15+,17-,19-;;;;;;;;/m111......../s1. The summed E-state index contributed by atoms with van der Waals surface area (Å²) in [5, 5.41) is 36.5. The van der Waals surface area contributed by atoms with Gasteiger partial charge in [0.25, 0.3) is 0 Å². The average molecular weight is 1970 g/mol. The number of hydrogen-bond donors (Lipinski definition) is 8. The number of ketones is 3. The van der Waals surface area contributed by atoms with Crippen molar-refractivity contribution in [2.75, 3.05) is 86.2 Å². The molecule has 4 aromatic carbocycles. The van der Waals surface area contributed by atoms with E-state index >= 15 is 0 Å². The second-order valence-electron chi connectivity index (χ2n) is 37.6. The van der Waals surface area contributed by atoms with Crippen molar-refractivity contribution >= 4 is 136 Å². The smallest absolute Gasteiger partial charge is 0.408 e. The van der Waals surface area contributed by atoms with E-state index in [0.717, 1.165) is 92.9 Å². The Labute approximate surface area is 824 Å². The molecule has 5 aromatic rings. The Morgan fingerprint density at radius 1 is 0.561 bits per heavy atom. The molecule has 4 amide bonds. The highest BCUT2D eigenvalue weighted by atomic mass is 35.5. The molecule has 32 heteroatoms. The van der Waals surface area contributed by atoms with E-state index in [1.807, 2.05) is 79.7 Å². The number of fused-ring (bicyclic) bond motifs is 1. The molecule has 9 rings (SSSR count). The van der Waals surface area contributed by atoms with E-state index in [4.69, 9.17) is 70.8 Å². The highest BCUT2D eigenvalue weighted by Gasteiger charge is 2.39. The normalized spacial score (nSPS) is 19.0. The summed E-state index contributed by atoms with van der Waals surface area (Å²) >= 11 is 19.0. The summed E-state index contributed by atoms with van der Waals surface area (Å²) in [5.74, 6) is 4.51. The number of halogens is 6. The Morgan fingerprint density at radius 3 is 1.28 bits per heavy atom. The van der Waals surface area contributed by atoms with Crippen LogP contribution in [0.4, 0.5) is 9.59 Å². The number of aromatic nitrogens is 3. The molecule has 1 saturated heterocycles. The monoisotopic (exact) mass is 1970 g/mol. The van der Waals surface area contributed by atoms with Crippen molar-refractivity contribution < 1.29 is 62.9 Å². The average Bonchev–Trinajstić information content (AvgIpc) is 1.72. The van der Waals surface area contributed by atoms with Gasteiger partial charge in [0.15, 0.2) is 0 Å². The molecule has 1 aliphatic heterocycles. The fourth-order valence-corrected chi connectivity index (χ4v) is 17.1. The summed E-state index contributed by atoms with van der Waals surface area (Å²) in [6.45, 7) is 46.5. The van der Waals surface area contributed by atoms with Crippen LogP contribution in [0.2, 0.25) is 15.1 Å². The molecule has 12 atom stereocenters. The molecule has 10 N–H and O–H groups in total. The first-order valence-corrected chi connectivity index (χ1v) is 48.1. The first-order chi connectivity index (χ1) is 60.9. The molecule has 4 fully saturated rings. The van der Waals surface area contributed by atoms with Gasteiger partial charge < -0.3 is 67.1 Å². The van der Waals surface area contributed by atoms with Crippen LogP contribution in [-0.2, 0) is 43.0 Å². The number of aliphatic imine (C=N–C) groups is 2. The summed E-state index contributed by atoms with van der Waals surface area (Å²) in [6, 6.07) is 31.4. The number of carbonyl (C=O) groups is 8. The van der Waals surface area contributed by atoms with Crippen molar-refractivity contribution in [3.63, 3.8) is 0 Å². The number of alkyl carbamates (subject to hydrolysis) is 2. The van der Waals surface area contributed by atoms with Gasteiger partial charge in [-0.1, -0.05) is 209 Å². The van der Waals surface area contributed by atoms with Gasteiger partial charge in [0.2, 0.25) is 11.8 Å². The second kappa shape index (κ2) is 69.7. The van der Waals surface area contributed by atoms with E-state index in [2.05, 4.69) is 155 Å². The minimum Gasteiger partial charge on any atom is -0.480 e. The molecule has 750 valence electrons. The highest BCUT2D eigenvalue weighted by molar-refractivity contribution is 6.32. The fraction of sp³-hybridized carbons (Fsp3) is 0.670. The number of carboxylic acids is 1. The summed E-state index contributed by atoms with van der Waals surface area (Å²) in [5.41, 5.74) is 14.4. The van der Waals surface area contributed by atoms with Crippen molar-refractivity contribution in [3.05, 3.63) is 129 Å². The topological polar surface area (TPSA) is 367 Å². The molecule has 26 nitrogen and oxygen atoms in total. The van der Waals surface area contributed by atoms with E-state index in [0.29, 0.717) is 129 Å². The number of nitrogens with two attached hydrogens (primary N) is 2. The van der Waals surface area contributed by atoms with Crippen LogP contribution < -0.4 is 32.7 Å². The number of hydrogen-bond acceptors (Lipinski definition) is 20. The van der Waals surface area contributed by atoms with Gasteiger partial charge in [-0.2, -0.15) is 0 Å². The summed E-state index contributed by atoms with van der Waals surface area (Å²) in [6.07, 6.45) is 15.3. The van der Waals surface area contributed by atoms with Crippen LogP contribution in [0.3, 0.4) is 0 Å². The lowest BCUT2D eigenvalue weighted by atomic mass is 9.68. The van der Waals surface area contributed by atoms with Gasteiger partial charge >= 0.3 is 18.2 Å². The number of ether oxygens (including phenoxy) is 3. The van der Waals surface area contributed by atoms with Gasteiger partial charge in [0.1, 0.15) is 52.7 Å². The van der Waals surface area contributed by atoms with E-state index in [-0.39, 0.29) is 97.7 Å². The van der Waals surface area contributed by atoms with Crippen LogP contribution in [0.1, 0.15) is 282 Å². The van der Waals surface area contributed by atoms with E-state index in [1.165, 1.54) is 58.2 Å². The quantitative estimate of drug-likeness (QED) is 0.0110. The second-order valence-corrected chi connectivity index (χ2v) is 38.8. The van der Waals surface area contributed by atoms with Crippen molar-refractivity contribution in [1.29, 1.82) is 0 Å². The third-order valence-electron chi connectivity index (χ3n) is 23.3. The maximum absolute atomic E-state index is 13.3. The lowest BCUT2D eigenvalue weighted by Crippen LogP contribution is -2.41. The number of carboxylic acid groups (broad SMARTS) is 1. The maximum atomic E-state index is 13.3. The first kappa shape index (κ1) is 127. The Bertz CT molecular complexity index is 4120. The number of para-hydroxylation sites is 1. The Balaban J connectivity index is 0. The Kier molecular flexibility index (Phi) is 67.1. The van der Waals surface area contributed by atoms with Crippen LogP contribution in [0.15, 0.2) is 107 Å². The number of rotatable bonds is 33. The number of nitrogens with zero attached hydrogens (tertiary/aromatic N) is 7. The molecular formula is C100H165Cl6N13O13. The van der Waals surface area contributed by atoms with Gasteiger partial charge in [-0.3, -0.25) is 28.8 Å². The summed E-state index contributed by atoms with van der Waals surface area (Å²) in [4.78, 5) is 109. The molecule has 3 saturated carbocycles. The predicted molar refractivity (Wildman–Crippen MR) is 544 cm³/mol. The lowest BCUT2D eigenvalue weighted by molar-refractivity contribution is -0.136. The van der Waals surface area contributed by atoms with Crippen molar-refractivity contribution in [1.82, 2.24) is 46.2 Å². The van der Waals surface area contributed by atoms with Crippen molar-refractivity contribution in [2.45, 2.75) is 276 Å². The first-order valence-electron chi connectivity index (χ1n) is 46.9. The predicted octanol–water partition coefficient (Wildman–Crippen LogP) is 21.8. The third-order valence-corrected chi connectivity index (χ3v) is 24.4. The van der Waals surface area contributed by atoms with Gasteiger partial charge in [-0.05, 0) is 271 Å². The number of Topliss-reactive ketones (excluding diaryl/α,β-unsaturated/α-hetero) is 3. The van der Waals surface area contributed by atoms with Crippen LogP contribution in [0, 0.1) is 71.0 Å². The lowest BCUT2D eigenvalue weighted by Gasteiger charge is -2.36. The zero-order valence-corrected chi connectivity index (χ0v) is 87.7. The highest BCUT2D eigenvalue weighted by Crippen LogP contribution is 2.43. The van der Waals surface area contributed by atoms with E-state index < -0.39 is 41.9 Å². The van der Waals surface area contributed by atoms with E-state index in [1.54, 1.807) is 65.8 Å². The van der Waals surface area contributed by atoms with Crippen LogP contribution in [0.25, 0.3) is 11.0 Å². The zero-order valence-electron chi connectivity index (χ0n) is 82.9. The molecule has 132 heavy (non-hydrogen) atoms. The molecule has 0 radical (unpaired) electrons. The number of benzene rings is 4. The molecule has 3 aliphatic carbocycles. The largest absolute Gasteiger partial charge is 0.480 e. The molecule has 1 aromatic heterocycles. The third kappa shape index (κ3) is 53.5. The summed E-state index contributed by atoms with van der Waals surface area (Å²) in [7, 11) is 4.12. The van der Waals surface area contributed by atoms with Crippen LogP contribution >= 0.6 is 72.0 Å². The van der Waals surface area contributed by atoms with Crippen molar-refractivity contribution in [3.8, 4) is 0 Å². The van der Waals surface area contributed by atoms with Gasteiger partial charge in [0.05, 0.1) is 31.2 Å². The SMILES string of the molecule is C1CCOC1.CC(C)(C)OC(=O)NCC(=O)O.CC(C)[C@@H]1CC[C@@H](C)C[C@H]1C(=O)CC[C@@H](N)c1ccccc1Cl.CC(C)[C@@H]1CC[C@@H](C)C[C@H]1C(=O)CC[C@@H](NC(=O)CN)c1ccccc1Cl.CC(C)[C@@H]1CC[C@@H](C)C[C@H]1C(=O)CC[C@@H](NC(=O)CNC(=O)OC(C)(C)C)c1ccccc1Cl.CCN(CC)CC.CCN=C=NCCCN(C)C.Cl.Cl.Cl.On1nnc2ccccc21. The minimum atomic E-state index is -1.10. The zero-order chi connectivity index (χ0) is 96.9. The number of amides is 4. The molecule has 0 unspecified atom stereocenters. The van der Waals surface area contributed by atoms with Crippen LogP contribution in [-0.4, -0.2) is 186 Å². The van der Waals surface area contributed by atoms with Gasteiger partial charge in [0, 0.05) is 77.9 Å². The van der Waals surface area contributed by atoms with Gasteiger partial charge in [-0.15, -0.1) is 42.3 Å². The molecule has 0 bridgehead atoms. The van der Waals surface area contributed by atoms with E-state index in [9.17, 15) is 38.4 Å². The number of carbonyl (C=O) groups excluding carboxylic acids is 7. The minimum absolute atomic E-state index is 0. The number of aliphatic carboxylic acids is 1. The van der Waals surface area contributed by atoms with Gasteiger partial charge in [-0.25, -0.2) is 19.6 Å². The Hall–Kier alpha value is -7.04. The molecule has 2 heterocycles. The maximum Gasteiger partial charge on any atom is 0.408 e. The Morgan fingerprint density at radius 2 is 0.939 bits per heavy atom. The number of nitrogens with one attached hydrogen (secondary N) is 4. The van der Waals surface area contributed by atoms with Crippen molar-refractivity contribution in [2.24, 2.45) is 92.5 Å². The molecular weight excluding hydrogens is 1800 g/mol. The molecule has 0 spiro atoms. The fourth-order valence-electron chi connectivity index (χ4n) is 16.3.